The molecule has 15 heteroatoms. The number of amides is 2. The predicted molar refractivity (Wildman–Crippen MR) is 127 cm³/mol. The maximum absolute atomic E-state index is 12.7. The first kappa shape index (κ1) is 26.5. The summed E-state index contributed by atoms with van der Waals surface area (Å²) in [6, 6.07) is 9.24. The second-order valence-corrected chi connectivity index (χ2v) is 8.91. The number of nitro groups is 1. The minimum atomic E-state index is -2.62. The van der Waals surface area contributed by atoms with Gasteiger partial charge >= 0.3 is 11.0 Å². The Morgan fingerprint density at radius 1 is 1.11 bits per heavy atom. The summed E-state index contributed by atoms with van der Waals surface area (Å²) >= 11 is -2.12. The number of para-hydroxylation sites is 1. The van der Waals surface area contributed by atoms with Gasteiger partial charge in [-0.1, -0.05) is 12.1 Å². The first-order valence-electron chi connectivity index (χ1n) is 10.2. The molecule has 1 atom stereocenters. The van der Waals surface area contributed by atoms with Crippen molar-refractivity contribution >= 4 is 50.3 Å². The first-order valence-corrected chi connectivity index (χ1v) is 12.3. The van der Waals surface area contributed by atoms with Crippen LogP contribution in [0, 0.1) is 10.1 Å². The maximum atomic E-state index is 12.7. The summed E-state index contributed by atoms with van der Waals surface area (Å²) < 4.78 is 27.1. The largest absolute Gasteiger partial charge is 0.772 e. The van der Waals surface area contributed by atoms with Crippen molar-refractivity contribution in [1.29, 1.82) is 0 Å². The van der Waals surface area contributed by atoms with Crippen molar-refractivity contribution in [2.24, 2.45) is 0 Å². The standard InChI is InChI=1S/C21H19N5O8S2/c27-17(23-11-13-7-9-22-10-8-13)5-6-18(28)34-16-4-2-1-3-14(16)19(29)25-21-24-15(12-36(32)33)20(35-21)26(30)31/h1-4,7-10H,5-6,11-12H2,(H,23,27)(H,32,33)(H,24,25,29)/p-1. The highest BCUT2D eigenvalue weighted by molar-refractivity contribution is 7.78. The van der Waals surface area contributed by atoms with Crippen molar-refractivity contribution in [3.05, 3.63) is 75.7 Å². The highest BCUT2D eigenvalue weighted by atomic mass is 32.2. The number of thiazole rings is 1. The van der Waals surface area contributed by atoms with Crippen molar-refractivity contribution in [3.8, 4) is 5.75 Å². The Hall–Kier alpha value is -4.08. The molecule has 0 saturated heterocycles. The van der Waals surface area contributed by atoms with E-state index in [-0.39, 0.29) is 47.4 Å². The number of ether oxygens (including phenoxy) is 1. The van der Waals surface area contributed by atoms with Crippen molar-refractivity contribution in [1.82, 2.24) is 15.3 Å². The smallest absolute Gasteiger partial charge is 0.349 e. The van der Waals surface area contributed by atoms with Gasteiger partial charge in [-0.15, -0.1) is 0 Å². The van der Waals surface area contributed by atoms with E-state index in [2.05, 4.69) is 20.6 Å². The molecular formula is C21H18N5O8S2-. The van der Waals surface area contributed by atoms with Gasteiger partial charge in [0.15, 0.2) is 5.13 Å². The summed E-state index contributed by atoms with van der Waals surface area (Å²) in [5, 5.41) is 15.4. The van der Waals surface area contributed by atoms with Crippen molar-refractivity contribution in [2.75, 3.05) is 5.32 Å². The van der Waals surface area contributed by atoms with Crippen molar-refractivity contribution in [2.45, 2.75) is 25.1 Å². The molecule has 3 aromatic rings. The van der Waals surface area contributed by atoms with Crippen LogP contribution in [0.3, 0.4) is 0 Å². The molecule has 0 bridgehead atoms. The van der Waals surface area contributed by atoms with Gasteiger partial charge in [0.1, 0.15) is 11.4 Å². The van der Waals surface area contributed by atoms with E-state index in [0.717, 1.165) is 5.56 Å². The molecule has 0 aliphatic heterocycles. The quantitative estimate of drug-likeness (QED) is 0.121. The summed E-state index contributed by atoms with van der Waals surface area (Å²) in [6.07, 6.45) is 2.81. The van der Waals surface area contributed by atoms with Crippen molar-refractivity contribution in [3.63, 3.8) is 0 Å². The molecule has 2 N–H and O–H groups in total. The van der Waals surface area contributed by atoms with Gasteiger partial charge in [-0.25, -0.2) is 4.98 Å². The molecule has 0 aliphatic rings. The van der Waals surface area contributed by atoms with Crippen LogP contribution in [0.15, 0.2) is 48.8 Å². The van der Waals surface area contributed by atoms with Crippen LogP contribution in [0.5, 0.6) is 5.75 Å². The Labute approximate surface area is 210 Å². The van der Waals surface area contributed by atoms with Gasteiger partial charge in [0.05, 0.1) is 22.7 Å². The molecule has 2 heterocycles. The fraction of sp³-hybridized carbons (Fsp3) is 0.190. The number of hydrogen-bond donors (Lipinski definition) is 2. The van der Waals surface area contributed by atoms with Gasteiger partial charge in [0.2, 0.25) is 5.91 Å². The molecule has 3 rings (SSSR count). The van der Waals surface area contributed by atoms with E-state index in [9.17, 15) is 33.3 Å². The minimum Gasteiger partial charge on any atom is -0.772 e. The molecule has 1 unspecified atom stereocenters. The van der Waals surface area contributed by atoms with Gasteiger partial charge in [-0.2, -0.15) is 0 Å². The van der Waals surface area contributed by atoms with Crippen LogP contribution in [0.4, 0.5) is 10.1 Å². The van der Waals surface area contributed by atoms with E-state index in [4.69, 9.17) is 4.74 Å². The monoisotopic (exact) mass is 532 g/mol. The van der Waals surface area contributed by atoms with E-state index < -0.39 is 38.6 Å². The number of hydrogen-bond acceptors (Lipinski definition) is 11. The van der Waals surface area contributed by atoms with Gasteiger partial charge in [0, 0.05) is 25.4 Å². The molecule has 13 nitrogen and oxygen atoms in total. The minimum absolute atomic E-state index is 0.0696. The number of nitrogens with zero attached hydrogens (tertiary/aromatic N) is 3. The summed E-state index contributed by atoms with van der Waals surface area (Å²) in [5.41, 5.74) is 0.468. The first-order chi connectivity index (χ1) is 17.2. The fourth-order valence-electron chi connectivity index (χ4n) is 2.83. The van der Waals surface area contributed by atoms with Crippen LogP contribution in [0.1, 0.15) is 34.5 Å². The normalized spacial score (nSPS) is 11.4. The van der Waals surface area contributed by atoms with E-state index in [0.29, 0.717) is 11.3 Å². The van der Waals surface area contributed by atoms with Crippen LogP contribution in [-0.4, -0.2) is 41.4 Å². The van der Waals surface area contributed by atoms with Gasteiger partial charge in [-0.3, -0.25) is 39.0 Å². The number of benzene rings is 1. The number of carbonyl (C=O) groups excluding carboxylic acids is 3. The SMILES string of the molecule is O=C(CCC(=O)Oc1ccccc1C(=O)Nc1nc(CS(=O)[O-])c([N+](=O)[O-])s1)NCc1ccncc1. The number of pyridine rings is 1. The molecular weight excluding hydrogens is 514 g/mol. The van der Waals surface area contributed by atoms with Crippen LogP contribution in [-0.2, 0) is 33.0 Å². The van der Waals surface area contributed by atoms with Crippen LogP contribution in [0.2, 0.25) is 0 Å². The zero-order valence-electron chi connectivity index (χ0n) is 18.4. The lowest BCUT2D eigenvalue weighted by Gasteiger charge is -2.10. The number of anilines is 1. The highest BCUT2D eigenvalue weighted by Gasteiger charge is 2.24. The lowest BCUT2D eigenvalue weighted by atomic mass is 10.2. The van der Waals surface area contributed by atoms with Gasteiger partial charge in [0.25, 0.3) is 5.91 Å². The summed E-state index contributed by atoms with van der Waals surface area (Å²) in [5.74, 6) is -2.68. The van der Waals surface area contributed by atoms with E-state index in [1.54, 1.807) is 24.5 Å². The number of rotatable bonds is 11. The molecule has 0 saturated carbocycles. The topological polar surface area (TPSA) is 194 Å². The number of nitrogens with one attached hydrogen (secondary N) is 2. The van der Waals surface area contributed by atoms with Gasteiger partial charge < -0.3 is 14.6 Å². The Morgan fingerprint density at radius 2 is 1.83 bits per heavy atom. The zero-order chi connectivity index (χ0) is 26.1. The van der Waals surface area contributed by atoms with E-state index in [1.165, 1.54) is 24.3 Å². The molecule has 1 aromatic carbocycles. The Balaban J connectivity index is 1.59. The third kappa shape index (κ3) is 7.72. The van der Waals surface area contributed by atoms with E-state index in [1.807, 2.05) is 0 Å². The van der Waals surface area contributed by atoms with E-state index >= 15 is 0 Å². The molecule has 0 radical (unpaired) electrons. The summed E-state index contributed by atoms with van der Waals surface area (Å²) in [4.78, 5) is 55.0. The third-order valence-corrected chi connectivity index (χ3v) is 5.94. The second kappa shape index (κ2) is 12.6. The Kier molecular flexibility index (Phi) is 9.26. The fourth-order valence-corrected chi connectivity index (χ4v) is 4.14. The number of aromatic nitrogens is 2. The van der Waals surface area contributed by atoms with Crippen LogP contribution in [0.25, 0.3) is 0 Å². The molecule has 188 valence electrons. The van der Waals surface area contributed by atoms with Crippen LogP contribution < -0.4 is 15.4 Å². The predicted octanol–water partition coefficient (Wildman–Crippen LogP) is 2.08. The third-order valence-electron chi connectivity index (χ3n) is 4.47. The van der Waals surface area contributed by atoms with Crippen LogP contribution >= 0.6 is 11.3 Å². The highest BCUT2D eigenvalue weighted by Crippen LogP contribution is 2.32. The average molecular weight is 533 g/mol. The molecule has 0 aliphatic carbocycles. The number of carbonyl (C=O) groups is 3. The van der Waals surface area contributed by atoms with Crippen molar-refractivity contribution < 1.29 is 32.8 Å². The lowest BCUT2D eigenvalue weighted by molar-refractivity contribution is -0.381. The molecule has 36 heavy (non-hydrogen) atoms. The molecule has 0 spiro atoms. The molecule has 2 amide bonds. The Bertz CT molecular complexity index is 1300. The summed E-state index contributed by atoms with van der Waals surface area (Å²) in [7, 11) is 0. The molecule has 2 aromatic heterocycles. The van der Waals surface area contributed by atoms with Gasteiger partial charge in [-0.05, 0) is 52.2 Å². The second-order valence-electron chi connectivity index (χ2n) is 7.03. The number of esters is 1. The molecule has 0 fully saturated rings. The Morgan fingerprint density at radius 3 is 2.53 bits per heavy atom. The zero-order valence-corrected chi connectivity index (χ0v) is 20.0. The lowest BCUT2D eigenvalue weighted by Crippen LogP contribution is -2.24. The average Bonchev–Trinajstić information content (AvgIpc) is 3.24. The summed E-state index contributed by atoms with van der Waals surface area (Å²) in [6.45, 7) is 0.279. The maximum Gasteiger partial charge on any atom is 0.349 e.